The van der Waals surface area contributed by atoms with Crippen LogP contribution in [0.2, 0.25) is 0 Å². The lowest BCUT2D eigenvalue weighted by Gasteiger charge is -1.82. The Bertz CT molecular complexity index is 413. The second-order valence-electron chi connectivity index (χ2n) is 2.96. The van der Waals surface area contributed by atoms with Crippen molar-refractivity contribution >= 4 is 12.2 Å². The van der Waals surface area contributed by atoms with Crippen LogP contribution in [0.3, 0.4) is 0 Å². The molecule has 72 valence electrons. The van der Waals surface area contributed by atoms with Crippen LogP contribution in [0.15, 0.2) is 10.7 Å². The molecule has 0 aromatic carbocycles. The highest BCUT2D eigenvalue weighted by Gasteiger charge is 1.97. The van der Waals surface area contributed by atoms with Crippen molar-refractivity contribution in [2.75, 3.05) is 0 Å². The van der Waals surface area contributed by atoms with Crippen LogP contribution >= 0.6 is 0 Å². The minimum atomic E-state index is 0.483. The number of H-pyrrole nitrogens is 1. The van der Waals surface area contributed by atoms with Gasteiger partial charge >= 0.3 is 0 Å². The molecule has 0 aliphatic carbocycles. The van der Waals surface area contributed by atoms with Crippen molar-refractivity contribution in [2.24, 2.45) is 0 Å². The molecule has 1 N–H and O–H groups in total. The van der Waals surface area contributed by atoms with Crippen LogP contribution < -0.4 is 0 Å². The van der Waals surface area contributed by atoms with Crippen LogP contribution in [0.1, 0.15) is 23.2 Å². The molecule has 0 aliphatic heterocycles. The third-order valence-electron chi connectivity index (χ3n) is 1.65. The summed E-state index contributed by atoms with van der Waals surface area (Å²) in [5.41, 5.74) is 1.02. The van der Waals surface area contributed by atoms with E-state index in [1.807, 2.05) is 6.92 Å². The Kier molecular flexibility index (Phi) is 2.14. The first-order valence-corrected chi connectivity index (χ1v) is 4.24. The van der Waals surface area contributed by atoms with Crippen molar-refractivity contribution < 1.29 is 4.52 Å². The largest absolute Gasteiger partial charge is 0.343 e. The molecule has 0 saturated heterocycles. The maximum absolute atomic E-state index is 4.90. The van der Waals surface area contributed by atoms with Crippen molar-refractivity contribution in [1.82, 2.24) is 20.1 Å². The standard InChI is InChI=1S/C9H10N4O/c1-6-5-10-8(11-6)3-4-9-12-7(2)13-14-9/h3-5H,1-2H3,(H,10,11)/b4-3+. The van der Waals surface area contributed by atoms with Crippen molar-refractivity contribution in [1.29, 1.82) is 0 Å². The van der Waals surface area contributed by atoms with Crippen LogP contribution in [0.4, 0.5) is 0 Å². The van der Waals surface area contributed by atoms with E-state index in [4.69, 9.17) is 4.52 Å². The third-order valence-corrected chi connectivity index (χ3v) is 1.65. The van der Waals surface area contributed by atoms with E-state index in [0.717, 1.165) is 11.5 Å². The van der Waals surface area contributed by atoms with Gasteiger partial charge in [-0.3, -0.25) is 0 Å². The van der Waals surface area contributed by atoms with Gasteiger partial charge in [0, 0.05) is 18.0 Å². The second kappa shape index (κ2) is 3.45. The minimum Gasteiger partial charge on any atom is -0.343 e. The zero-order valence-electron chi connectivity index (χ0n) is 7.98. The lowest BCUT2D eigenvalue weighted by atomic mass is 10.4. The molecule has 5 nitrogen and oxygen atoms in total. The number of aromatic nitrogens is 4. The summed E-state index contributed by atoms with van der Waals surface area (Å²) in [7, 11) is 0. The van der Waals surface area contributed by atoms with E-state index in [0.29, 0.717) is 11.7 Å². The number of rotatable bonds is 2. The van der Waals surface area contributed by atoms with Crippen LogP contribution in [0.5, 0.6) is 0 Å². The highest BCUT2D eigenvalue weighted by Crippen LogP contribution is 2.03. The highest BCUT2D eigenvalue weighted by atomic mass is 16.5. The first-order chi connectivity index (χ1) is 6.74. The Hall–Kier alpha value is -1.91. The molecule has 14 heavy (non-hydrogen) atoms. The first kappa shape index (κ1) is 8.68. The van der Waals surface area contributed by atoms with E-state index >= 15 is 0 Å². The molecule has 0 unspecified atom stereocenters. The monoisotopic (exact) mass is 190 g/mol. The quantitative estimate of drug-likeness (QED) is 0.780. The Labute approximate surface area is 80.9 Å². The smallest absolute Gasteiger partial charge is 0.250 e. The minimum absolute atomic E-state index is 0.483. The molecule has 2 aromatic rings. The number of nitrogens with one attached hydrogen (secondary N) is 1. The van der Waals surface area contributed by atoms with Gasteiger partial charge in [0.15, 0.2) is 5.82 Å². The van der Waals surface area contributed by atoms with Gasteiger partial charge in [0.25, 0.3) is 5.89 Å². The Morgan fingerprint density at radius 1 is 1.36 bits per heavy atom. The van der Waals surface area contributed by atoms with Crippen molar-refractivity contribution in [2.45, 2.75) is 13.8 Å². The number of hydrogen-bond acceptors (Lipinski definition) is 4. The van der Waals surface area contributed by atoms with E-state index in [1.165, 1.54) is 0 Å². The van der Waals surface area contributed by atoms with Gasteiger partial charge in [0.05, 0.1) is 0 Å². The van der Waals surface area contributed by atoms with Crippen LogP contribution in [-0.2, 0) is 0 Å². The lowest BCUT2D eigenvalue weighted by Crippen LogP contribution is -1.76. The van der Waals surface area contributed by atoms with E-state index in [-0.39, 0.29) is 0 Å². The molecule has 0 atom stereocenters. The van der Waals surface area contributed by atoms with Gasteiger partial charge < -0.3 is 9.51 Å². The number of nitrogens with zero attached hydrogens (tertiary/aromatic N) is 3. The van der Waals surface area contributed by atoms with Gasteiger partial charge in [-0.15, -0.1) is 0 Å². The molecule has 0 bridgehead atoms. The van der Waals surface area contributed by atoms with Crippen molar-refractivity contribution in [3.05, 3.63) is 29.4 Å². The molecule has 0 saturated carbocycles. The molecule has 5 heteroatoms. The molecular formula is C9H10N4O. The number of hydrogen-bond donors (Lipinski definition) is 1. The maximum atomic E-state index is 4.90. The summed E-state index contributed by atoms with van der Waals surface area (Å²) >= 11 is 0. The Morgan fingerprint density at radius 3 is 2.79 bits per heavy atom. The summed E-state index contributed by atoms with van der Waals surface area (Å²) in [6, 6.07) is 0. The summed E-state index contributed by atoms with van der Waals surface area (Å²) in [6.07, 6.45) is 5.27. The summed E-state index contributed by atoms with van der Waals surface area (Å²) in [6.45, 7) is 3.72. The first-order valence-electron chi connectivity index (χ1n) is 4.24. The van der Waals surface area contributed by atoms with Crippen molar-refractivity contribution in [3.8, 4) is 0 Å². The molecule has 0 spiro atoms. The molecule has 0 amide bonds. The summed E-state index contributed by atoms with van der Waals surface area (Å²) < 4.78 is 4.90. The second-order valence-corrected chi connectivity index (χ2v) is 2.96. The van der Waals surface area contributed by atoms with E-state index in [1.54, 1.807) is 25.3 Å². The topological polar surface area (TPSA) is 67.6 Å². The fourth-order valence-electron chi connectivity index (χ4n) is 1.05. The molecular weight excluding hydrogens is 180 g/mol. The normalized spacial score (nSPS) is 11.3. The fraction of sp³-hybridized carbons (Fsp3) is 0.222. The summed E-state index contributed by atoms with van der Waals surface area (Å²) in [5.74, 6) is 1.88. The SMILES string of the molecule is Cc1noc(/C=C/c2ncc(C)[nH]2)n1. The summed E-state index contributed by atoms with van der Waals surface area (Å²) in [4.78, 5) is 11.2. The fourth-order valence-corrected chi connectivity index (χ4v) is 1.05. The lowest BCUT2D eigenvalue weighted by molar-refractivity contribution is 0.405. The molecule has 2 aromatic heterocycles. The zero-order chi connectivity index (χ0) is 9.97. The Morgan fingerprint density at radius 2 is 2.21 bits per heavy atom. The van der Waals surface area contributed by atoms with Gasteiger partial charge in [-0.1, -0.05) is 5.16 Å². The molecule has 0 aliphatic rings. The number of imidazole rings is 1. The van der Waals surface area contributed by atoms with Crippen LogP contribution in [-0.4, -0.2) is 20.1 Å². The highest BCUT2D eigenvalue weighted by molar-refractivity contribution is 5.61. The van der Waals surface area contributed by atoms with Gasteiger partial charge in [-0.05, 0) is 19.9 Å². The predicted molar refractivity (Wildman–Crippen MR) is 51.3 cm³/mol. The third kappa shape index (κ3) is 1.87. The zero-order valence-corrected chi connectivity index (χ0v) is 7.98. The van der Waals surface area contributed by atoms with Gasteiger partial charge in [0.1, 0.15) is 5.82 Å². The van der Waals surface area contributed by atoms with Gasteiger partial charge in [-0.2, -0.15) is 4.98 Å². The van der Waals surface area contributed by atoms with Crippen LogP contribution in [0, 0.1) is 13.8 Å². The number of aromatic amines is 1. The number of aryl methyl sites for hydroxylation is 2. The van der Waals surface area contributed by atoms with Gasteiger partial charge in [-0.25, -0.2) is 4.98 Å². The average molecular weight is 190 g/mol. The Balaban J connectivity index is 2.14. The van der Waals surface area contributed by atoms with Gasteiger partial charge in [0.2, 0.25) is 0 Å². The van der Waals surface area contributed by atoms with E-state index in [9.17, 15) is 0 Å². The van der Waals surface area contributed by atoms with Crippen molar-refractivity contribution in [3.63, 3.8) is 0 Å². The van der Waals surface area contributed by atoms with Crippen LogP contribution in [0.25, 0.3) is 12.2 Å². The molecule has 0 radical (unpaired) electrons. The predicted octanol–water partition coefficient (Wildman–Crippen LogP) is 1.58. The average Bonchev–Trinajstić information content (AvgIpc) is 2.72. The van der Waals surface area contributed by atoms with E-state index < -0.39 is 0 Å². The molecule has 2 heterocycles. The summed E-state index contributed by atoms with van der Waals surface area (Å²) in [5, 5.41) is 3.67. The molecule has 0 fully saturated rings. The van der Waals surface area contributed by atoms with E-state index in [2.05, 4.69) is 20.1 Å². The maximum Gasteiger partial charge on any atom is 0.250 e. The molecule has 2 rings (SSSR count).